The normalized spacial score (nSPS) is 25.9. The highest BCUT2D eigenvalue weighted by molar-refractivity contribution is 5.90. The molecular formula is C16H22N4O. The minimum absolute atomic E-state index is 0.524. The number of hydrogen-bond donors (Lipinski definition) is 3. The monoisotopic (exact) mass is 286 g/mol. The lowest BCUT2D eigenvalue weighted by atomic mass is 9.79. The summed E-state index contributed by atoms with van der Waals surface area (Å²) in [6, 6.07) is 5.59. The Hall–Kier alpha value is -1.88. The lowest BCUT2D eigenvalue weighted by Gasteiger charge is -2.35. The lowest BCUT2D eigenvalue weighted by Crippen LogP contribution is -2.40. The number of rotatable bonds is 3. The molecule has 0 bridgehead atoms. The summed E-state index contributed by atoms with van der Waals surface area (Å²) < 4.78 is 0. The van der Waals surface area contributed by atoms with Crippen LogP contribution in [0.25, 0.3) is 10.9 Å². The summed E-state index contributed by atoms with van der Waals surface area (Å²) in [6.45, 7) is 2.77. The van der Waals surface area contributed by atoms with Gasteiger partial charge in [-0.25, -0.2) is 9.97 Å². The summed E-state index contributed by atoms with van der Waals surface area (Å²) in [5.74, 6) is 1.47. The van der Waals surface area contributed by atoms with E-state index in [0.29, 0.717) is 18.2 Å². The van der Waals surface area contributed by atoms with Crippen LogP contribution in [0.3, 0.4) is 0 Å². The first-order valence-electron chi connectivity index (χ1n) is 7.52. The van der Waals surface area contributed by atoms with Crippen molar-refractivity contribution in [2.24, 2.45) is 5.92 Å². The van der Waals surface area contributed by atoms with Gasteiger partial charge in [0.25, 0.3) is 0 Å². The third-order valence-corrected chi connectivity index (χ3v) is 4.45. The van der Waals surface area contributed by atoms with Crippen LogP contribution in [0.1, 0.15) is 32.6 Å². The predicted molar refractivity (Wildman–Crippen MR) is 85.0 cm³/mol. The third-order valence-electron chi connectivity index (χ3n) is 4.45. The Bertz CT molecular complexity index is 635. The number of aliphatic hydroxyl groups is 1. The Balaban J connectivity index is 1.76. The molecule has 3 rings (SSSR count). The van der Waals surface area contributed by atoms with Crippen molar-refractivity contribution in [2.75, 3.05) is 17.6 Å². The Morgan fingerprint density at radius 1 is 1.33 bits per heavy atom. The molecule has 0 spiro atoms. The minimum atomic E-state index is -0.627. The van der Waals surface area contributed by atoms with Gasteiger partial charge in [0.15, 0.2) is 0 Å². The number of anilines is 2. The van der Waals surface area contributed by atoms with E-state index in [1.165, 1.54) is 6.33 Å². The van der Waals surface area contributed by atoms with Crippen LogP contribution in [0.15, 0.2) is 24.5 Å². The largest absolute Gasteiger partial charge is 0.399 e. The van der Waals surface area contributed by atoms with Crippen LogP contribution in [0.5, 0.6) is 0 Å². The average molecular weight is 286 g/mol. The average Bonchev–Trinajstić information content (AvgIpc) is 2.48. The molecule has 5 heteroatoms. The van der Waals surface area contributed by atoms with Crippen LogP contribution in [0.4, 0.5) is 11.5 Å². The summed E-state index contributed by atoms with van der Waals surface area (Å²) in [7, 11) is 0. The molecule has 0 atom stereocenters. The van der Waals surface area contributed by atoms with Gasteiger partial charge in [-0.3, -0.25) is 0 Å². The number of fused-ring (bicyclic) bond motifs is 1. The molecule has 0 radical (unpaired) electrons. The van der Waals surface area contributed by atoms with Crippen LogP contribution >= 0.6 is 0 Å². The first kappa shape index (κ1) is 14.1. The zero-order valence-electron chi connectivity index (χ0n) is 12.3. The molecule has 4 N–H and O–H groups in total. The first-order chi connectivity index (χ1) is 10.1. The predicted octanol–water partition coefficient (Wildman–Crippen LogP) is 2.57. The number of benzene rings is 1. The quantitative estimate of drug-likeness (QED) is 0.755. The summed E-state index contributed by atoms with van der Waals surface area (Å²) in [5, 5.41) is 14.9. The van der Waals surface area contributed by atoms with E-state index in [-0.39, 0.29) is 0 Å². The first-order valence-corrected chi connectivity index (χ1v) is 7.52. The zero-order valence-corrected chi connectivity index (χ0v) is 12.3. The van der Waals surface area contributed by atoms with Gasteiger partial charge in [-0.05, 0) is 49.8 Å². The highest BCUT2D eigenvalue weighted by Gasteiger charge is 2.31. The van der Waals surface area contributed by atoms with E-state index < -0.39 is 5.60 Å². The summed E-state index contributed by atoms with van der Waals surface area (Å²) in [4.78, 5) is 8.52. The molecule has 0 aliphatic heterocycles. The maximum absolute atomic E-state index is 10.6. The molecule has 0 amide bonds. The van der Waals surface area contributed by atoms with Gasteiger partial charge >= 0.3 is 0 Å². The molecule has 1 fully saturated rings. The van der Waals surface area contributed by atoms with Crippen molar-refractivity contribution in [2.45, 2.75) is 38.2 Å². The van der Waals surface area contributed by atoms with Crippen LogP contribution < -0.4 is 11.1 Å². The van der Waals surface area contributed by atoms with Gasteiger partial charge in [-0.2, -0.15) is 0 Å². The maximum atomic E-state index is 10.6. The molecule has 1 aliphatic carbocycles. The van der Waals surface area contributed by atoms with Gasteiger partial charge in [-0.1, -0.05) is 6.92 Å². The zero-order chi connectivity index (χ0) is 14.9. The van der Waals surface area contributed by atoms with Crippen molar-refractivity contribution in [3.05, 3.63) is 24.5 Å². The highest BCUT2D eigenvalue weighted by atomic mass is 16.3. The summed E-state index contributed by atoms with van der Waals surface area (Å²) in [5.41, 5.74) is 6.65. The van der Waals surface area contributed by atoms with Crippen molar-refractivity contribution in [3.8, 4) is 0 Å². The molecule has 112 valence electrons. The van der Waals surface area contributed by atoms with E-state index in [1.54, 1.807) is 0 Å². The van der Waals surface area contributed by atoms with Crippen LogP contribution in [-0.2, 0) is 0 Å². The smallest absolute Gasteiger partial charge is 0.137 e. The topological polar surface area (TPSA) is 84.1 Å². The van der Waals surface area contributed by atoms with Crippen molar-refractivity contribution in [1.29, 1.82) is 0 Å². The number of aromatic nitrogens is 2. The van der Waals surface area contributed by atoms with E-state index in [0.717, 1.165) is 42.4 Å². The highest BCUT2D eigenvalue weighted by Crippen LogP contribution is 2.32. The van der Waals surface area contributed by atoms with E-state index in [2.05, 4.69) is 22.2 Å². The van der Waals surface area contributed by atoms with E-state index in [1.807, 2.05) is 18.2 Å². The Morgan fingerprint density at radius 3 is 2.86 bits per heavy atom. The molecule has 2 aromatic rings. The Morgan fingerprint density at radius 2 is 2.10 bits per heavy atom. The van der Waals surface area contributed by atoms with Gasteiger partial charge in [0.05, 0.1) is 11.1 Å². The van der Waals surface area contributed by atoms with Gasteiger partial charge in [0.2, 0.25) is 0 Å². The van der Waals surface area contributed by atoms with Crippen LogP contribution in [0, 0.1) is 5.92 Å². The van der Waals surface area contributed by atoms with Gasteiger partial charge in [0.1, 0.15) is 12.1 Å². The molecule has 5 nitrogen and oxygen atoms in total. The van der Waals surface area contributed by atoms with E-state index in [9.17, 15) is 5.11 Å². The fourth-order valence-corrected chi connectivity index (χ4v) is 2.94. The number of nitrogens with zero attached hydrogens (tertiary/aromatic N) is 2. The van der Waals surface area contributed by atoms with Crippen molar-refractivity contribution < 1.29 is 5.11 Å². The van der Waals surface area contributed by atoms with Crippen LogP contribution in [-0.4, -0.2) is 27.2 Å². The SMILES string of the molecule is CC1CCC(O)(CNc2ncnc3cc(N)ccc23)CC1. The molecule has 1 aliphatic rings. The standard InChI is InChI=1S/C16H22N4O/c1-11-4-6-16(21,7-5-11)9-18-15-13-3-2-12(17)8-14(13)19-10-20-15/h2-3,8,10-11,21H,4-7,9,17H2,1H3,(H,18,19,20). The van der Waals surface area contributed by atoms with Crippen molar-refractivity contribution in [3.63, 3.8) is 0 Å². The Labute approximate surface area is 124 Å². The van der Waals surface area contributed by atoms with Gasteiger partial charge < -0.3 is 16.2 Å². The fraction of sp³-hybridized carbons (Fsp3) is 0.500. The van der Waals surface area contributed by atoms with E-state index in [4.69, 9.17) is 5.73 Å². The summed E-state index contributed by atoms with van der Waals surface area (Å²) >= 11 is 0. The second-order valence-electron chi connectivity index (χ2n) is 6.26. The van der Waals surface area contributed by atoms with E-state index >= 15 is 0 Å². The lowest BCUT2D eigenvalue weighted by molar-refractivity contribution is 0.00497. The van der Waals surface area contributed by atoms with Crippen LogP contribution in [0.2, 0.25) is 0 Å². The third kappa shape index (κ3) is 3.08. The number of nitrogens with one attached hydrogen (secondary N) is 1. The molecule has 1 aromatic carbocycles. The molecule has 21 heavy (non-hydrogen) atoms. The van der Waals surface area contributed by atoms with Crippen molar-refractivity contribution in [1.82, 2.24) is 9.97 Å². The number of hydrogen-bond acceptors (Lipinski definition) is 5. The minimum Gasteiger partial charge on any atom is -0.399 e. The fourth-order valence-electron chi connectivity index (χ4n) is 2.94. The molecule has 1 aromatic heterocycles. The van der Waals surface area contributed by atoms with Gasteiger partial charge in [0, 0.05) is 17.6 Å². The van der Waals surface area contributed by atoms with Gasteiger partial charge in [-0.15, -0.1) is 0 Å². The maximum Gasteiger partial charge on any atom is 0.137 e. The summed E-state index contributed by atoms with van der Waals surface area (Å²) in [6.07, 6.45) is 5.38. The molecule has 1 saturated carbocycles. The number of nitrogen functional groups attached to an aromatic ring is 1. The Kier molecular flexibility index (Phi) is 3.68. The molecule has 0 saturated heterocycles. The second-order valence-corrected chi connectivity index (χ2v) is 6.26. The number of nitrogens with two attached hydrogens (primary N) is 1. The second kappa shape index (κ2) is 5.48. The molecule has 1 heterocycles. The molecular weight excluding hydrogens is 264 g/mol. The molecule has 0 unspecified atom stereocenters. The van der Waals surface area contributed by atoms with Crippen molar-refractivity contribution >= 4 is 22.4 Å².